The highest BCUT2D eigenvalue weighted by Gasteiger charge is 2.09. The van der Waals surface area contributed by atoms with Gasteiger partial charge in [-0.2, -0.15) is 0 Å². The van der Waals surface area contributed by atoms with E-state index in [-0.39, 0.29) is 5.82 Å². The van der Waals surface area contributed by atoms with Crippen LogP contribution in [0.25, 0.3) is 5.65 Å². The van der Waals surface area contributed by atoms with Gasteiger partial charge in [-0.25, -0.2) is 14.4 Å². The van der Waals surface area contributed by atoms with Crippen LogP contribution in [0.3, 0.4) is 0 Å². The van der Waals surface area contributed by atoms with E-state index in [1.165, 1.54) is 12.1 Å². The van der Waals surface area contributed by atoms with Crippen molar-refractivity contribution in [3.63, 3.8) is 0 Å². The monoisotopic (exact) mass is 335 g/mol. The van der Waals surface area contributed by atoms with Crippen LogP contribution >= 0.6 is 15.9 Å². The van der Waals surface area contributed by atoms with Gasteiger partial charge in [-0.05, 0) is 34.1 Å². The topological polar surface area (TPSA) is 54.2 Å². The Bertz CT molecular complexity index is 771. The first-order valence-corrected chi connectivity index (χ1v) is 6.70. The number of anilines is 3. The van der Waals surface area contributed by atoms with Gasteiger partial charge in [0, 0.05) is 23.9 Å². The van der Waals surface area contributed by atoms with Gasteiger partial charge in [0.05, 0.1) is 11.9 Å². The lowest BCUT2D eigenvalue weighted by Crippen LogP contribution is -2.02. The number of nitrogens with one attached hydrogen (secondary N) is 2. The molecular formula is C13H11BrFN5. The van der Waals surface area contributed by atoms with Gasteiger partial charge in [-0.15, -0.1) is 0 Å². The van der Waals surface area contributed by atoms with Crippen molar-refractivity contribution in [2.75, 3.05) is 17.7 Å². The summed E-state index contributed by atoms with van der Waals surface area (Å²) in [6, 6.07) is 4.43. The van der Waals surface area contributed by atoms with Crippen molar-refractivity contribution in [1.29, 1.82) is 0 Å². The van der Waals surface area contributed by atoms with E-state index in [2.05, 4.69) is 36.5 Å². The fourth-order valence-corrected chi connectivity index (χ4v) is 2.30. The second kappa shape index (κ2) is 5.09. The molecule has 2 aromatic heterocycles. The predicted molar refractivity (Wildman–Crippen MR) is 79.9 cm³/mol. The Balaban J connectivity index is 2.07. The van der Waals surface area contributed by atoms with Crippen molar-refractivity contribution in [3.8, 4) is 0 Å². The zero-order valence-electron chi connectivity index (χ0n) is 10.6. The van der Waals surface area contributed by atoms with Crippen molar-refractivity contribution in [2.45, 2.75) is 0 Å². The fourth-order valence-electron chi connectivity index (χ4n) is 1.85. The summed E-state index contributed by atoms with van der Waals surface area (Å²) >= 11 is 3.32. The number of hydrogen-bond acceptors (Lipinski definition) is 4. The predicted octanol–water partition coefficient (Wildman–Crippen LogP) is 3.42. The third kappa shape index (κ3) is 2.32. The molecule has 0 radical (unpaired) electrons. The van der Waals surface area contributed by atoms with E-state index in [9.17, 15) is 4.39 Å². The second-order valence-electron chi connectivity index (χ2n) is 4.13. The van der Waals surface area contributed by atoms with Crippen LogP contribution in [0.2, 0.25) is 0 Å². The normalized spacial score (nSPS) is 10.8. The molecule has 2 heterocycles. The van der Waals surface area contributed by atoms with Gasteiger partial charge < -0.3 is 15.0 Å². The van der Waals surface area contributed by atoms with E-state index in [1.807, 2.05) is 16.8 Å². The van der Waals surface area contributed by atoms with Crippen molar-refractivity contribution in [1.82, 2.24) is 14.4 Å². The van der Waals surface area contributed by atoms with Crippen molar-refractivity contribution >= 4 is 38.9 Å². The smallest absolute Gasteiger partial charge is 0.180 e. The fraction of sp³-hybridized carbons (Fsp3) is 0.0769. The number of imidazole rings is 1. The minimum absolute atomic E-state index is 0.301. The van der Waals surface area contributed by atoms with Crippen molar-refractivity contribution in [3.05, 3.63) is 47.1 Å². The van der Waals surface area contributed by atoms with Crippen molar-refractivity contribution < 1.29 is 4.39 Å². The Morgan fingerprint density at radius 1 is 1.35 bits per heavy atom. The zero-order chi connectivity index (χ0) is 14.1. The highest BCUT2D eigenvalue weighted by atomic mass is 79.9. The molecule has 0 aliphatic carbocycles. The van der Waals surface area contributed by atoms with Crippen LogP contribution in [0.15, 0.2) is 41.3 Å². The van der Waals surface area contributed by atoms with Crippen LogP contribution in [0.4, 0.5) is 21.7 Å². The molecule has 0 saturated heterocycles. The molecule has 102 valence electrons. The Morgan fingerprint density at radius 2 is 2.20 bits per heavy atom. The highest BCUT2D eigenvalue weighted by molar-refractivity contribution is 9.10. The SMILES string of the molecule is CNc1cn2ccnc2c(Nc2ccc(F)cc2Br)n1. The molecule has 0 amide bonds. The Labute approximate surface area is 123 Å². The molecule has 0 fully saturated rings. The number of hydrogen-bond donors (Lipinski definition) is 2. The van der Waals surface area contributed by atoms with Gasteiger partial charge in [-0.3, -0.25) is 0 Å². The van der Waals surface area contributed by atoms with Crippen molar-refractivity contribution in [2.24, 2.45) is 0 Å². The summed E-state index contributed by atoms with van der Waals surface area (Å²) in [5.41, 5.74) is 1.41. The zero-order valence-corrected chi connectivity index (χ0v) is 12.1. The molecule has 20 heavy (non-hydrogen) atoms. The molecule has 1 aromatic carbocycles. The maximum Gasteiger partial charge on any atom is 0.180 e. The third-order valence-corrected chi connectivity index (χ3v) is 3.47. The van der Waals surface area contributed by atoms with Crippen LogP contribution in [0.1, 0.15) is 0 Å². The molecule has 2 N–H and O–H groups in total. The van der Waals surface area contributed by atoms with Gasteiger partial charge >= 0.3 is 0 Å². The lowest BCUT2D eigenvalue weighted by atomic mass is 10.3. The number of benzene rings is 1. The first kappa shape index (κ1) is 12.9. The summed E-state index contributed by atoms with van der Waals surface area (Å²) in [4.78, 5) is 8.69. The van der Waals surface area contributed by atoms with Gasteiger partial charge in [0.1, 0.15) is 11.6 Å². The molecule has 0 unspecified atom stereocenters. The molecule has 3 rings (SSSR count). The Hall–Kier alpha value is -2.15. The summed E-state index contributed by atoms with van der Waals surface area (Å²) in [7, 11) is 1.79. The van der Waals surface area contributed by atoms with E-state index in [1.54, 1.807) is 19.3 Å². The largest absolute Gasteiger partial charge is 0.372 e. The maximum absolute atomic E-state index is 13.1. The van der Waals surface area contributed by atoms with E-state index < -0.39 is 0 Å². The first-order chi connectivity index (χ1) is 9.67. The minimum atomic E-state index is -0.301. The molecule has 5 nitrogen and oxygen atoms in total. The van der Waals surface area contributed by atoms with E-state index >= 15 is 0 Å². The summed E-state index contributed by atoms with van der Waals surface area (Å²) in [6.45, 7) is 0. The summed E-state index contributed by atoms with van der Waals surface area (Å²) in [6.07, 6.45) is 5.37. The molecule has 0 aliphatic heterocycles. The number of rotatable bonds is 3. The summed E-state index contributed by atoms with van der Waals surface area (Å²) in [5.74, 6) is 0.996. The minimum Gasteiger partial charge on any atom is -0.372 e. The van der Waals surface area contributed by atoms with Crippen LogP contribution in [0, 0.1) is 5.82 Å². The molecule has 0 atom stereocenters. The quantitative estimate of drug-likeness (QED) is 0.770. The number of nitrogens with zero attached hydrogens (tertiary/aromatic N) is 3. The molecule has 0 saturated carbocycles. The second-order valence-corrected chi connectivity index (χ2v) is 4.99. The molecule has 0 bridgehead atoms. The summed E-state index contributed by atoms with van der Waals surface area (Å²) in [5, 5.41) is 6.14. The van der Waals surface area contributed by atoms with Crippen LogP contribution in [0.5, 0.6) is 0 Å². The molecule has 0 aliphatic rings. The van der Waals surface area contributed by atoms with E-state index in [4.69, 9.17) is 0 Å². The highest BCUT2D eigenvalue weighted by Crippen LogP contribution is 2.27. The first-order valence-electron chi connectivity index (χ1n) is 5.91. The lowest BCUT2D eigenvalue weighted by Gasteiger charge is -2.10. The Morgan fingerprint density at radius 3 is 2.95 bits per heavy atom. The number of aromatic nitrogens is 3. The molecule has 7 heteroatoms. The Kier molecular flexibility index (Phi) is 3.27. The van der Waals surface area contributed by atoms with Gasteiger partial charge in [0.15, 0.2) is 11.5 Å². The average molecular weight is 336 g/mol. The van der Waals surface area contributed by atoms with Gasteiger partial charge in [0.2, 0.25) is 0 Å². The van der Waals surface area contributed by atoms with E-state index in [0.717, 1.165) is 5.69 Å². The average Bonchev–Trinajstić information content (AvgIpc) is 2.90. The lowest BCUT2D eigenvalue weighted by molar-refractivity contribution is 0.627. The maximum atomic E-state index is 13.1. The van der Waals surface area contributed by atoms with Gasteiger partial charge in [-0.1, -0.05) is 0 Å². The number of halogens is 2. The van der Waals surface area contributed by atoms with Crippen LogP contribution < -0.4 is 10.6 Å². The van der Waals surface area contributed by atoms with Crippen LogP contribution in [-0.4, -0.2) is 21.4 Å². The van der Waals surface area contributed by atoms with Gasteiger partial charge in [0.25, 0.3) is 0 Å². The van der Waals surface area contributed by atoms with E-state index in [0.29, 0.717) is 21.8 Å². The molecular weight excluding hydrogens is 325 g/mol. The molecule has 0 spiro atoms. The number of fused-ring (bicyclic) bond motifs is 1. The molecule has 3 aromatic rings. The third-order valence-electron chi connectivity index (χ3n) is 2.81. The van der Waals surface area contributed by atoms with Crippen LogP contribution in [-0.2, 0) is 0 Å². The summed E-state index contributed by atoms with van der Waals surface area (Å²) < 4.78 is 15.6. The standard InChI is InChI=1S/C13H11BrFN5/c1-16-11-7-20-5-4-17-13(20)12(19-11)18-10-3-2-8(15)6-9(10)14/h2-7,16H,1H3,(H,18,19).